The SMILES string of the molecule is CC(CN)n1cnc(-c2ccc3[nH]ccc3c2)c1. The molecule has 0 spiro atoms. The second-order valence-electron chi connectivity index (χ2n) is 4.57. The van der Waals surface area contributed by atoms with Crippen molar-refractivity contribution in [2.45, 2.75) is 13.0 Å². The van der Waals surface area contributed by atoms with Gasteiger partial charge in [-0.05, 0) is 25.1 Å². The van der Waals surface area contributed by atoms with Gasteiger partial charge in [0.05, 0.1) is 12.0 Å². The van der Waals surface area contributed by atoms with Gasteiger partial charge in [0.1, 0.15) is 0 Å². The third-order valence-electron chi connectivity index (χ3n) is 3.30. The van der Waals surface area contributed by atoms with Crippen LogP contribution in [0.5, 0.6) is 0 Å². The number of hydrogen-bond acceptors (Lipinski definition) is 2. The first kappa shape index (κ1) is 11.0. The summed E-state index contributed by atoms with van der Waals surface area (Å²) in [7, 11) is 0. The van der Waals surface area contributed by atoms with Gasteiger partial charge in [0, 0.05) is 41.4 Å². The highest BCUT2D eigenvalue weighted by atomic mass is 15.1. The van der Waals surface area contributed by atoms with Crippen LogP contribution in [0.15, 0.2) is 43.0 Å². The van der Waals surface area contributed by atoms with Gasteiger partial charge in [0.25, 0.3) is 0 Å². The highest BCUT2D eigenvalue weighted by Gasteiger charge is 2.07. The van der Waals surface area contributed by atoms with E-state index in [0.29, 0.717) is 6.54 Å². The molecule has 0 aliphatic rings. The molecule has 3 N–H and O–H groups in total. The first-order valence-corrected chi connectivity index (χ1v) is 6.09. The Bertz CT molecular complexity index is 665. The summed E-state index contributed by atoms with van der Waals surface area (Å²) >= 11 is 0. The molecule has 0 fully saturated rings. The minimum atomic E-state index is 0.280. The fraction of sp³-hybridized carbons (Fsp3) is 0.214. The molecule has 1 atom stereocenters. The predicted molar refractivity (Wildman–Crippen MR) is 73.3 cm³/mol. The van der Waals surface area contributed by atoms with Crippen molar-refractivity contribution in [3.8, 4) is 11.3 Å². The summed E-state index contributed by atoms with van der Waals surface area (Å²) in [6.45, 7) is 2.70. The number of rotatable bonds is 3. The summed E-state index contributed by atoms with van der Waals surface area (Å²) in [5.74, 6) is 0. The molecule has 0 aliphatic carbocycles. The van der Waals surface area contributed by atoms with Crippen LogP contribution >= 0.6 is 0 Å². The number of H-pyrrole nitrogens is 1. The van der Waals surface area contributed by atoms with E-state index in [1.165, 1.54) is 5.39 Å². The normalized spacial score (nSPS) is 13.0. The summed E-state index contributed by atoms with van der Waals surface area (Å²) in [6, 6.07) is 8.65. The third-order valence-corrected chi connectivity index (χ3v) is 3.30. The minimum Gasteiger partial charge on any atom is -0.361 e. The molecule has 1 aromatic carbocycles. The Balaban J connectivity index is 2.00. The lowest BCUT2D eigenvalue weighted by molar-refractivity contribution is 0.558. The van der Waals surface area contributed by atoms with Gasteiger partial charge in [0.2, 0.25) is 0 Å². The average molecular weight is 240 g/mol. The molecule has 0 aliphatic heterocycles. The summed E-state index contributed by atoms with van der Waals surface area (Å²) in [5, 5.41) is 1.20. The van der Waals surface area contributed by atoms with Gasteiger partial charge in [-0.3, -0.25) is 0 Å². The molecule has 0 radical (unpaired) electrons. The molecular formula is C14H16N4. The third kappa shape index (κ3) is 1.80. The average Bonchev–Trinajstić information content (AvgIpc) is 3.05. The number of nitrogens with zero attached hydrogens (tertiary/aromatic N) is 2. The van der Waals surface area contributed by atoms with Gasteiger partial charge in [-0.15, -0.1) is 0 Å². The first-order chi connectivity index (χ1) is 8.78. The number of fused-ring (bicyclic) bond motifs is 1. The Kier molecular flexibility index (Phi) is 2.64. The van der Waals surface area contributed by atoms with E-state index in [2.05, 4.69) is 45.7 Å². The zero-order chi connectivity index (χ0) is 12.5. The van der Waals surface area contributed by atoms with Crippen molar-refractivity contribution in [1.29, 1.82) is 0 Å². The highest BCUT2D eigenvalue weighted by molar-refractivity contribution is 5.84. The largest absolute Gasteiger partial charge is 0.361 e. The summed E-state index contributed by atoms with van der Waals surface area (Å²) in [4.78, 5) is 7.63. The molecule has 3 aromatic rings. The van der Waals surface area contributed by atoms with Crippen molar-refractivity contribution >= 4 is 10.9 Å². The fourth-order valence-corrected chi connectivity index (χ4v) is 2.06. The van der Waals surface area contributed by atoms with Crippen molar-refractivity contribution < 1.29 is 0 Å². The molecule has 92 valence electrons. The molecule has 4 nitrogen and oxygen atoms in total. The number of nitrogens with one attached hydrogen (secondary N) is 1. The van der Waals surface area contributed by atoms with E-state index in [0.717, 1.165) is 16.8 Å². The Hall–Kier alpha value is -2.07. The second kappa shape index (κ2) is 4.31. The summed E-state index contributed by atoms with van der Waals surface area (Å²) in [6.07, 6.45) is 5.84. The molecular weight excluding hydrogens is 224 g/mol. The van der Waals surface area contributed by atoms with E-state index in [1.807, 2.05) is 18.7 Å². The molecule has 0 saturated heterocycles. The first-order valence-electron chi connectivity index (χ1n) is 6.09. The van der Waals surface area contributed by atoms with Crippen molar-refractivity contribution in [2.75, 3.05) is 6.54 Å². The van der Waals surface area contributed by atoms with Crippen LogP contribution in [-0.2, 0) is 0 Å². The number of aromatic amines is 1. The molecule has 1 unspecified atom stereocenters. The molecule has 0 bridgehead atoms. The van der Waals surface area contributed by atoms with E-state index in [-0.39, 0.29) is 6.04 Å². The van der Waals surface area contributed by atoms with Gasteiger partial charge < -0.3 is 15.3 Å². The topological polar surface area (TPSA) is 59.6 Å². The Morgan fingerprint density at radius 3 is 3.11 bits per heavy atom. The smallest absolute Gasteiger partial charge is 0.0956 e. The van der Waals surface area contributed by atoms with Gasteiger partial charge >= 0.3 is 0 Å². The number of imidazole rings is 1. The van der Waals surface area contributed by atoms with Crippen molar-refractivity contribution in [3.05, 3.63) is 43.0 Å². The predicted octanol–water partition coefficient (Wildman–Crippen LogP) is 2.55. The molecule has 2 aromatic heterocycles. The molecule has 18 heavy (non-hydrogen) atoms. The van der Waals surface area contributed by atoms with Crippen LogP contribution in [0, 0.1) is 0 Å². The van der Waals surface area contributed by atoms with Crippen molar-refractivity contribution in [2.24, 2.45) is 5.73 Å². The Labute approximate surface area is 105 Å². The van der Waals surface area contributed by atoms with E-state index in [4.69, 9.17) is 5.73 Å². The van der Waals surface area contributed by atoms with E-state index in [9.17, 15) is 0 Å². The van der Waals surface area contributed by atoms with E-state index in [1.54, 1.807) is 0 Å². The molecule has 0 saturated carbocycles. The van der Waals surface area contributed by atoms with Crippen LogP contribution < -0.4 is 5.73 Å². The number of benzene rings is 1. The van der Waals surface area contributed by atoms with Crippen LogP contribution in [0.2, 0.25) is 0 Å². The lowest BCUT2D eigenvalue weighted by atomic mass is 10.1. The second-order valence-corrected chi connectivity index (χ2v) is 4.57. The lowest BCUT2D eigenvalue weighted by Crippen LogP contribution is -2.14. The Morgan fingerprint density at radius 1 is 1.39 bits per heavy atom. The van der Waals surface area contributed by atoms with Crippen LogP contribution in [0.25, 0.3) is 22.2 Å². The molecule has 3 rings (SSSR count). The molecule has 0 amide bonds. The number of hydrogen-bond donors (Lipinski definition) is 2. The quantitative estimate of drug-likeness (QED) is 0.739. The maximum Gasteiger partial charge on any atom is 0.0956 e. The summed E-state index contributed by atoms with van der Waals surface area (Å²) < 4.78 is 2.05. The lowest BCUT2D eigenvalue weighted by Gasteiger charge is -2.08. The van der Waals surface area contributed by atoms with Gasteiger partial charge in [-0.1, -0.05) is 6.07 Å². The summed E-state index contributed by atoms with van der Waals surface area (Å²) in [5.41, 5.74) is 8.92. The van der Waals surface area contributed by atoms with Crippen LogP contribution in [-0.4, -0.2) is 21.1 Å². The maximum absolute atomic E-state index is 5.66. The van der Waals surface area contributed by atoms with Gasteiger partial charge in [0.15, 0.2) is 0 Å². The monoisotopic (exact) mass is 240 g/mol. The molecule has 2 heterocycles. The standard InChI is InChI=1S/C14H16N4/c1-10(7-15)18-8-14(17-9-18)11-2-3-13-12(6-11)4-5-16-13/h2-6,8-10,16H,7,15H2,1H3. The molecule has 4 heteroatoms. The van der Waals surface area contributed by atoms with Gasteiger partial charge in [-0.2, -0.15) is 0 Å². The number of aromatic nitrogens is 3. The van der Waals surface area contributed by atoms with E-state index >= 15 is 0 Å². The van der Waals surface area contributed by atoms with Crippen LogP contribution in [0.3, 0.4) is 0 Å². The highest BCUT2D eigenvalue weighted by Crippen LogP contribution is 2.23. The fourth-order valence-electron chi connectivity index (χ4n) is 2.06. The van der Waals surface area contributed by atoms with Crippen molar-refractivity contribution in [3.63, 3.8) is 0 Å². The van der Waals surface area contributed by atoms with E-state index < -0.39 is 0 Å². The maximum atomic E-state index is 5.66. The van der Waals surface area contributed by atoms with Crippen molar-refractivity contribution in [1.82, 2.24) is 14.5 Å². The van der Waals surface area contributed by atoms with Crippen LogP contribution in [0.1, 0.15) is 13.0 Å². The zero-order valence-electron chi connectivity index (χ0n) is 10.3. The Morgan fingerprint density at radius 2 is 2.28 bits per heavy atom. The number of nitrogens with two attached hydrogens (primary N) is 1. The van der Waals surface area contributed by atoms with Crippen LogP contribution in [0.4, 0.5) is 0 Å². The minimum absolute atomic E-state index is 0.280. The zero-order valence-corrected chi connectivity index (χ0v) is 10.3. The van der Waals surface area contributed by atoms with Gasteiger partial charge in [-0.25, -0.2) is 4.98 Å².